The highest BCUT2D eigenvalue weighted by Crippen LogP contribution is 2.23. The third kappa shape index (κ3) is 6.52. The standard InChI is InChI=1S/C21H31NO3/c1-21(2,3)25-20(24)22-16-10-14-18(22)19(23)15-9-5-8-13-17-11-6-4-7-12-17/h4,6-7,11-12,18H,5,8-10,13-16H2,1-3H3/t18-/m0/s1. The molecule has 25 heavy (non-hydrogen) atoms. The van der Waals surface area contributed by atoms with Crippen molar-refractivity contribution in [1.82, 2.24) is 4.90 Å². The molecule has 1 aliphatic rings. The number of unbranched alkanes of at least 4 members (excludes halogenated alkanes) is 2. The lowest BCUT2D eigenvalue weighted by Gasteiger charge is -2.28. The van der Waals surface area contributed by atoms with Crippen LogP contribution in [0.2, 0.25) is 0 Å². The number of hydrogen-bond acceptors (Lipinski definition) is 3. The molecule has 1 atom stereocenters. The first-order chi connectivity index (χ1) is 11.9. The van der Waals surface area contributed by atoms with E-state index in [2.05, 4.69) is 24.3 Å². The molecule has 0 saturated carbocycles. The number of carbonyl (C=O) groups excluding carboxylic acids is 2. The minimum atomic E-state index is -0.523. The highest BCUT2D eigenvalue weighted by atomic mass is 16.6. The summed E-state index contributed by atoms with van der Waals surface area (Å²) in [6.45, 7) is 6.18. The van der Waals surface area contributed by atoms with E-state index in [9.17, 15) is 9.59 Å². The summed E-state index contributed by atoms with van der Waals surface area (Å²) < 4.78 is 5.43. The summed E-state index contributed by atoms with van der Waals surface area (Å²) in [5, 5.41) is 0. The van der Waals surface area contributed by atoms with Gasteiger partial charge in [-0.1, -0.05) is 36.8 Å². The van der Waals surface area contributed by atoms with Gasteiger partial charge in [-0.15, -0.1) is 0 Å². The van der Waals surface area contributed by atoms with Gasteiger partial charge in [-0.25, -0.2) is 4.79 Å². The molecule has 1 aliphatic heterocycles. The summed E-state index contributed by atoms with van der Waals surface area (Å²) in [6, 6.07) is 10.1. The normalized spacial score (nSPS) is 17.6. The predicted octanol–water partition coefficient (Wildman–Crippen LogP) is 4.76. The van der Waals surface area contributed by atoms with Crippen molar-refractivity contribution in [3.8, 4) is 0 Å². The molecule has 0 spiro atoms. The Morgan fingerprint density at radius 1 is 1.12 bits per heavy atom. The topological polar surface area (TPSA) is 46.6 Å². The van der Waals surface area contributed by atoms with Gasteiger partial charge in [0.1, 0.15) is 5.60 Å². The average Bonchev–Trinajstić information content (AvgIpc) is 3.03. The lowest BCUT2D eigenvalue weighted by molar-refractivity contribution is -0.123. The molecule has 0 aromatic heterocycles. The molecule has 1 aromatic carbocycles. The quantitative estimate of drug-likeness (QED) is 0.670. The molecule has 4 heteroatoms. The van der Waals surface area contributed by atoms with Crippen molar-refractivity contribution in [2.45, 2.75) is 77.4 Å². The second kappa shape index (κ2) is 9.02. The molecule has 1 aromatic rings. The molecule has 0 aliphatic carbocycles. The van der Waals surface area contributed by atoms with E-state index in [4.69, 9.17) is 4.74 Å². The van der Waals surface area contributed by atoms with Crippen molar-refractivity contribution < 1.29 is 14.3 Å². The molecule has 1 amide bonds. The van der Waals surface area contributed by atoms with Gasteiger partial charge in [-0.3, -0.25) is 9.69 Å². The average molecular weight is 345 g/mol. The molecular weight excluding hydrogens is 314 g/mol. The molecule has 2 rings (SSSR count). The molecule has 1 heterocycles. The molecule has 4 nitrogen and oxygen atoms in total. The molecule has 0 bridgehead atoms. The molecule has 0 radical (unpaired) electrons. The van der Waals surface area contributed by atoms with Crippen LogP contribution in [0.15, 0.2) is 30.3 Å². The Bertz CT molecular complexity index is 562. The predicted molar refractivity (Wildman–Crippen MR) is 99.6 cm³/mol. The first-order valence-corrected chi connectivity index (χ1v) is 9.43. The summed E-state index contributed by atoms with van der Waals surface area (Å²) in [5.41, 5.74) is 0.825. The van der Waals surface area contributed by atoms with Gasteiger partial charge in [-0.05, 0) is 58.4 Å². The zero-order valence-electron chi connectivity index (χ0n) is 15.8. The summed E-state index contributed by atoms with van der Waals surface area (Å²) in [4.78, 5) is 26.4. The van der Waals surface area contributed by atoms with Crippen molar-refractivity contribution in [3.63, 3.8) is 0 Å². The Balaban J connectivity index is 1.71. The van der Waals surface area contributed by atoms with Crippen molar-refractivity contribution >= 4 is 11.9 Å². The summed E-state index contributed by atoms with van der Waals surface area (Å²) in [5.74, 6) is 0.183. The van der Waals surface area contributed by atoms with Gasteiger partial charge in [-0.2, -0.15) is 0 Å². The van der Waals surface area contributed by atoms with E-state index in [0.717, 1.165) is 38.5 Å². The van der Waals surface area contributed by atoms with Gasteiger partial charge in [0, 0.05) is 13.0 Å². The fourth-order valence-electron chi connectivity index (χ4n) is 3.26. The van der Waals surface area contributed by atoms with Crippen LogP contribution in [0.4, 0.5) is 4.79 Å². The third-order valence-corrected chi connectivity index (χ3v) is 4.48. The van der Waals surface area contributed by atoms with Gasteiger partial charge >= 0.3 is 6.09 Å². The molecule has 0 N–H and O–H groups in total. The van der Waals surface area contributed by atoms with Gasteiger partial charge in [0.25, 0.3) is 0 Å². The van der Waals surface area contributed by atoms with Gasteiger partial charge < -0.3 is 4.74 Å². The summed E-state index contributed by atoms with van der Waals surface area (Å²) in [6.07, 6.45) is 5.93. The minimum absolute atomic E-state index is 0.183. The zero-order chi connectivity index (χ0) is 18.3. The van der Waals surface area contributed by atoms with E-state index in [1.165, 1.54) is 5.56 Å². The van der Waals surface area contributed by atoms with Crippen molar-refractivity contribution in [2.75, 3.05) is 6.54 Å². The summed E-state index contributed by atoms with van der Waals surface area (Å²) in [7, 11) is 0. The van der Waals surface area contributed by atoms with Crippen LogP contribution >= 0.6 is 0 Å². The Morgan fingerprint density at radius 2 is 1.84 bits per heavy atom. The number of aryl methyl sites for hydroxylation is 1. The maximum atomic E-state index is 12.5. The van der Waals surface area contributed by atoms with Crippen LogP contribution < -0.4 is 0 Å². The van der Waals surface area contributed by atoms with Crippen LogP contribution in [0.1, 0.15) is 64.9 Å². The van der Waals surface area contributed by atoms with Crippen LogP contribution in [0.25, 0.3) is 0 Å². The van der Waals surface area contributed by atoms with Crippen molar-refractivity contribution in [3.05, 3.63) is 35.9 Å². The first kappa shape index (κ1) is 19.5. The SMILES string of the molecule is CC(C)(C)OC(=O)N1CCC[C@H]1C(=O)CCCCCc1ccccc1. The Labute approximate surface area is 151 Å². The maximum Gasteiger partial charge on any atom is 0.410 e. The Morgan fingerprint density at radius 3 is 2.52 bits per heavy atom. The van der Waals surface area contributed by atoms with E-state index in [-0.39, 0.29) is 17.9 Å². The monoisotopic (exact) mass is 345 g/mol. The highest BCUT2D eigenvalue weighted by molar-refractivity contribution is 5.87. The van der Waals surface area contributed by atoms with E-state index in [1.54, 1.807) is 4.90 Å². The second-order valence-electron chi connectivity index (χ2n) is 7.84. The van der Waals surface area contributed by atoms with Crippen molar-refractivity contribution in [1.29, 1.82) is 0 Å². The molecule has 0 unspecified atom stereocenters. The highest BCUT2D eigenvalue weighted by Gasteiger charge is 2.35. The van der Waals surface area contributed by atoms with E-state index >= 15 is 0 Å². The largest absolute Gasteiger partial charge is 0.444 e. The zero-order valence-corrected chi connectivity index (χ0v) is 15.8. The number of nitrogens with zero attached hydrogens (tertiary/aromatic N) is 1. The lowest BCUT2D eigenvalue weighted by atomic mass is 10.0. The number of rotatable bonds is 7. The van der Waals surface area contributed by atoms with Crippen LogP contribution in [0, 0.1) is 0 Å². The van der Waals surface area contributed by atoms with Crippen LogP contribution in [-0.2, 0) is 16.0 Å². The number of hydrogen-bond donors (Lipinski definition) is 0. The van der Waals surface area contributed by atoms with E-state index in [0.29, 0.717) is 13.0 Å². The van der Waals surface area contributed by atoms with Crippen LogP contribution in [0.5, 0.6) is 0 Å². The number of amides is 1. The Kier molecular flexibility index (Phi) is 7.03. The van der Waals surface area contributed by atoms with Gasteiger partial charge in [0.2, 0.25) is 0 Å². The number of carbonyl (C=O) groups is 2. The smallest absolute Gasteiger partial charge is 0.410 e. The summed E-state index contributed by atoms with van der Waals surface area (Å²) >= 11 is 0. The Hall–Kier alpha value is -1.84. The molecular formula is C21H31NO3. The number of ketones is 1. The fraction of sp³-hybridized carbons (Fsp3) is 0.619. The fourth-order valence-corrected chi connectivity index (χ4v) is 3.26. The van der Waals surface area contributed by atoms with Crippen LogP contribution in [-0.4, -0.2) is 35.0 Å². The third-order valence-electron chi connectivity index (χ3n) is 4.48. The van der Waals surface area contributed by atoms with Crippen molar-refractivity contribution in [2.24, 2.45) is 0 Å². The molecule has 138 valence electrons. The maximum absolute atomic E-state index is 12.5. The lowest BCUT2D eigenvalue weighted by Crippen LogP contribution is -2.43. The first-order valence-electron chi connectivity index (χ1n) is 9.43. The number of ether oxygens (including phenoxy) is 1. The molecule has 1 fully saturated rings. The minimum Gasteiger partial charge on any atom is -0.444 e. The number of Topliss-reactive ketones (excluding diaryl/α,β-unsaturated/α-hetero) is 1. The van der Waals surface area contributed by atoms with Crippen LogP contribution in [0.3, 0.4) is 0 Å². The van der Waals surface area contributed by atoms with E-state index in [1.807, 2.05) is 26.8 Å². The second-order valence-corrected chi connectivity index (χ2v) is 7.84. The van der Waals surface area contributed by atoms with Gasteiger partial charge in [0.05, 0.1) is 6.04 Å². The molecule has 1 saturated heterocycles. The van der Waals surface area contributed by atoms with E-state index < -0.39 is 5.60 Å². The number of likely N-dealkylation sites (tertiary alicyclic amines) is 1. The number of benzene rings is 1. The van der Waals surface area contributed by atoms with Gasteiger partial charge in [0.15, 0.2) is 5.78 Å².